The molecule has 8 amide bonds. The Morgan fingerprint density at radius 2 is 1.05 bits per heavy atom. The molecule has 5 N–H and O–H groups in total. The maximum absolute atomic E-state index is 13.0. The van der Waals surface area contributed by atoms with E-state index in [0.717, 1.165) is 11.1 Å². The van der Waals surface area contributed by atoms with E-state index in [1.807, 2.05) is 6.92 Å². The summed E-state index contributed by atoms with van der Waals surface area (Å²) in [7, 11) is 0. The topological polar surface area (TPSA) is 203 Å². The van der Waals surface area contributed by atoms with Gasteiger partial charge in [-0.1, -0.05) is 70.7 Å². The van der Waals surface area contributed by atoms with Crippen molar-refractivity contribution in [1.29, 1.82) is 0 Å². The Bertz CT molecular complexity index is 2400. The summed E-state index contributed by atoms with van der Waals surface area (Å²) >= 11 is 24.3. The molecule has 2 saturated heterocycles. The average Bonchev–Trinajstić information content (AvgIpc) is 3.84. The van der Waals surface area contributed by atoms with Gasteiger partial charge in [0.1, 0.15) is 39.5 Å². The number of hydrogen-bond donors (Lipinski definition) is 3. The van der Waals surface area contributed by atoms with Crippen molar-refractivity contribution in [3.8, 4) is 0 Å². The van der Waals surface area contributed by atoms with Crippen molar-refractivity contribution in [2.24, 2.45) is 11.5 Å². The summed E-state index contributed by atoms with van der Waals surface area (Å²) in [5, 5.41) is 4.27. The number of nitrogens with two attached hydrogens (primary N) is 2. The van der Waals surface area contributed by atoms with E-state index >= 15 is 0 Å². The molecule has 0 radical (unpaired) electrons. The van der Waals surface area contributed by atoms with Crippen molar-refractivity contribution < 1.29 is 33.6 Å². The Kier molecular flexibility index (Phi) is 16.8. The number of nitrogens with zero attached hydrogens (tertiary/aromatic N) is 6. The summed E-state index contributed by atoms with van der Waals surface area (Å²) in [6.07, 6.45) is 0. The summed E-state index contributed by atoms with van der Waals surface area (Å²) in [6, 6.07) is 22.6. The smallest absolute Gasteiger partial charge is 0.312 e. The number of carbonyl (C=O) groups excluding carboxylic acids is 7. The monoisotopic (exact) mass is 939 g/mol. The Labute approximate surface area is 384 Å². The molecule has 0 bridgehead atoms. The maximum atomic E-state index is 13.0. The summed E-state index contributed by atoms with van der Waals surface area (Å²) in [5.41, 5.74) is 14.2. The number of urea groups is 1. The lowest BCUT2D eigenvalue weighted by Gasteiger charge is -2.25. The molecule has 0 aromatic heterocycles. The highest BCUT2D eigenvalue weighted by Gasteiger charge is 2.35. The minimum atomic E-state index is -0.742. The van der Waals surface area contributed by atoms with E-state index in [-0.39, 0.29) is 89.3 Å². The first-order chi connectivity index (χ1) is 30.0. The van der Waals surface area contributed by atoms with Crippen LogP contribution in [-0.2, 0) is 19.2 Å². The van der Waals surface area contributed by atoms with Gasteiger partial charge in [0.25, 0.3) is 11.8 Å². The molecule has 6 rings (SSSR count). The van der Waals surface area contributed by atoms with Gasteiger partial charge in [0.05, 0.1) is 0 Å². The number of primary amides is 1. The van der Waals surface area contributed by atoms with E-state index in [0.29, 0.717) is 42.6 Å². The quantitative estimate of drug-likeness (QED) is 0.170. The van der Waals surface area contributed by atoms with Gasteiger partial charge in [-0.3, -0.25) is 38.6 Å². The summed E-state index contributed by atoms with van der Waals surface area (Å²) < 4.78 is 0. The molecule has 2 fully saturated rings. The zero-order valence-electron chi connectivity index (χ0n) is 34.4. The Morgan fingerprint density at radius 3 is 1.44 bits per heavy atom. The van der Waals surface area contributed by atoms with Gasteiger partial charge in [-0.25, -0.2) is 4.79 Å². The van der Waals surface area contributed by atoms with Gasteiger partial charge in [0.2, 0.25) is 23.6 Å². The first-order valence-electron chi connectivity index (χ1n) is 19.5. The summed E-state index contributed by atoms with van der Waals surface area (Å²) in [5.74, 6) is -2.00. The molecule has 2 heterocycles. The highest BCUT2D eigenvalue weighted by Crippen LogP contribution is 2.30. The van der Waals surface area contributed by atoms with E-state index in [2.05, 4.69) is 5.32 Å². The molecule has 2 aliphatic rings. The first kappa shape index (κ1) is 48.1. The number of amides is 8. The molecular formula is C43H45Cl4N9O7. The van der Waals surface area contributed by atoms with Crippen LogP contribution in [0.3, 0.4) is 0 Å². The summed E-state index contributed by atoms with van der Waals surface area (Å²) in [6.45, 7) is 3.60. The third-order valence-electron chi connectivity index (χ3n) is 10.1. The predicted molar refractivity (Wildman–Crippen MR) is 242 cm³/mol. The zero-order chi connectivity index (χ0) is 46.0. The molecular weight excluding hydrogens is 896 g/mol. The van der Waals surface area contributed by atoms with Crippen LogP contribution in [0.15, 0.2) is 84.9 Å². The molecule has 4 aromatic rings. The fraction of sp³-hybridized carbons (Fsp3) is 0.279. The number of nitrogens with one attached hydrogen (secondary N) is 1. The Hall–Kier alpha value is -5.91. The fourth-order valence-corrected chi connectivity index (χ4v) is 7.46. The highest BCUT2D eigenvalue weighted by molar-refractivity contribution is 6.32. The third kappa shape index (κ3) is 12.4. The zero-order valence-corrected chi connectivity index (χ0v) is 37.4. The largest absolute Gasteiger partial charge is 0.352 e. The Balaban J connectivity index is 0.000000239. The molecule has 2 aliphatic heterocycles. The number of halogens is 4. The van der Waals surface area contributed by atoms with Crippen molar-refractivity contribution in [1.82, 2.24) is 24.9 Å². The lowest BCUT2D eigenvalue weighted by molar-refractivity contribution is -0.132. The lowest BCUT2D eigenvalue weighted by Crippen LogP contribution is -2.46. The molecule has 0 saturated carbocycles. The van der Waals surface area contributed by atoms with Crippen LogP contribution < -0.4 is 26.6 Å². The molecule has 4 aromatic carbocycles. The molecule has 0 atom stereocenters. The summed E-state index contributed by atoms with van der Waals surface area (Å²) in [4.78, 5) is 96.3. The number of carbonyl (C=O) groups is 7. The fourth-order valence-electron chi connectivity index (χ4n) is 6.74. The van der Waals surface area contributed by atoms with Crippen LogP contribution in [0.2, 0.25) is 20.1 Å². The van der Waals surface area contributed by atoms with Crippen LogP contribution >= 0.6 is 46.4 Å². The lowest BCUT2D eigenvalue weighted by atomic mass is 10.2. The minimum absolute atomic E-state index is 0.0393. The second-order valence-corrected chi connectivity index (χ2v) is 16.1. The second kappa shape index (κ2) is 21.9. The van der Waals surface area contributed by atoms with Gasteiger partial charge < -0.3 is 36.4 Å². The van der Waals surface area contributed by atoms with E-state index in [1.165, 1.54) is 35.5 Å². The number of anilines is 2. The first-order valence-corrected chi connectivity index (χ1v) is 21.0. The van der Waals surface area contributed by atoms with Crippen LogP contribution in [0.25, 0.3) is 0 Å². The molecule has 0 unspecified atom stereocenters. The molecule has 16 nitrogen and oxygen atoms in total. The van der Waals surface area contributed by atoms with Crippen molar-refractivity contribution in [2.45, 2.75) is 13.8 Å². The normalized spacial score (nSPS) is 13.4. The third-order valence-corrected chi connectivity index (χ3v) is 11.4. The van der Waals surface area contributed by atoms with Gasteiger partial charge in [-0.15, -0.1) is 0 Å². The van der Waals surface area contributed by atoms with Gasteiger partial charge in [-0.05, 0) is 85.6 Å². The van der Waals surface area contributed by atoms with Gasteiger partial charge in [0, 0.05) is 68.8 Å². The molecule has 0 spiro atoms. The van der Waals surface area contributed by atoms with Gasteiger partial charge in [0.15, 0.2) is 0 Å². The standard InChI is InChI=1S/C22H23Cl2N5O4.C21H22Cl2N4O3/c1-14-17(24)6-3-7-18(14)29-13-28(12-20(29)31)19(30)11-27(9-8-26-22(25)33)21(32)15-4-2-5-16(23)10-15;1-14-17(23)6-3-7-18(14)27-13-26(12-20(27)29)19(28)11-25(9-8-24)21(30)15-4-2-5-16(22)10-15/h2-7,10H,8-9,11-13H2,1H3,(H3,25,26,33);2-7,10H,8-9,11-13,24H2,1H3. The predicted octanol–water partition coefficient (Wildman–Crippen LogP) is 4.78. The minimum Gasteiger partial charge on any atom is -0.352 e. The highest BCUT2D eigenvalue weighted by atomic mass is 35.5. The van der Waals surface area contributed by atoms with Gasteiger partial charge >= 0.3 is 6.03 Å². The van der Waals surface area contributed by atoms with Crippen molar-refractivity contribution in [3.63, 3.8) is 0 Å². The SMILES string of the molecule is Cc1c(Cl)cccc1N1CN(C(=O)CN(CCN)C(=O)c2cccc(Cl)c2)CC1=O.Cc1c(Cl)cccc1N1CN(C(=O)CN(CCNC(N)=O)C(=O)c2cccc(Cl)c2)CC1=O. The van der Waals surface area contributed by atoms with Crippen LogP contribution in [0.4, 0.5) is 16.2 Å². The molecule has 332 valence electrons. The van der Waals surface area contributed by atoms with E-state index < -0.39 is 17.8 Å². The number of rotatable bonds is 13. The van der Waals surface area contributed by atoms with Crippen LogP contribution in [0, 0.1) is 13.8 Å². The molecule has 63 heavy (non-hydrogen) atoms. The van der Waals surface area contributed by atoms with Crippen LogP contribution in [0.5, 0.6) is 0 Å². The average molecular weight is 942 g/mol. The van der Waals surface area contributed by atoms with E-state index in [4.69, 9.17) is 57.9 Å². The van der Waals surface area contributed by atoms with Crippen LogP contribution in [0.1, 0.15) is 31.8 Å². The maximum Gasteiger partial charge on any atom is 0.312 e. The van der Waals surface area contributed by atoms with E-state index in [1.54, 1.807) is 85.8 Å². The van der Waals surface area contributed by atoms with E-state index in [9.17, 15) is 33.6 Å². The van der Waals surface area contributed by atoms with Crippen molar-refractivity contribution >= 4 is 99.3 Å². The van der Waals surface area contributed by atoms with Crippen LogP contribution in [-0.4, -0.2) is 127 Å². The Morgan fingerprint density at radius 1 is 0.635 bits per heavy atom. The molecule has 0 aliphatic carbocycles. The second-order valence-electron chi connectivity index (χ2n) is 14.4. The van der Waals surface area contributed by atoms with Gasteiger partial charge in [-0.2, -0.15) is 0 Å². The number of hydrogen-bond acceptors (Lipinski definition) is 8. The van der Waals surface area contributed by atoms with Crippen molar-refractivity contribution in [2.75, 3.05) is 75.5 Å². The van der Waals surface area contributed by atoms with Crippen molar-refractivity contribution in [3.05, 3.63) is 127 Å². The number of benzene rings is 4. The molecule has 20 heteroatoms.